The first-order valence-electron chi connectivity index (χ1n) is 7.16. The van der Waals surface area contributed by atoms with Gasteiger partial charge in [-0.05, 0) is 30.3 Å². The molecule has 1 saturated heterocycles. The van der Waals surface area contributed by atoms with E-state index in [1.54, 1.807) is 42.5 Å². The molecule has 0 N–H and O–H groups in total. The number of ether oxygens (including phenoxy) is 2. The third-order valence-electron chi connectivity index (χ3n) is 3.68. The first-order chi connectivity index (χ1) is 12.0. The standard InChI is InChI=1S/C17H9Cl2NO3S2/c18-11-2-1-3-12(19)10(11)7-15-16(21)20(17(24)25-15)9-4-5-13-14(6-9)23-8-22-13/h1-7H,8H2/b15-7-. The van der Waals surface area contributed by atoms with Crippen LogP contribution in [0.2, 0.25) is 10.0 Å². The number of rotatable bonds is 2. The maximum Gasteiger partial charge on any atom is 0.270 e. The quantitative estimate of drug-likeness (QED) is 0.507. The van der Waals surface area contributed by atoms with Crippen LogP contribution in [-0.4, -0.2) is 17.0 Å². The summed E-state index contributed by atoms with van der Waals surface area (Å²) in [6.07, 6.45) is 1.66. The van der Waals surface area contributed by atoms with Crippen LogP contribution in [0.4, 0.5) is 5.69 Å². The summed E-state index contributed by atoms with van der Waals surface area (Å²) >= 11 is 18.9. The van der Waals surface area contributed by atoms with Crippen LogP contribution in [0, 0.1) is 0 Å². The van der Waals surface area contributed by atoms with Gasteiger partial charge in [0, 0.05) is 21.7 Å². The molecule has 1 fully saturated rings. The van der Waals surface area contributed by atoms with E-state index in [-0.39, 0.29) is 12.7 Å². The number of nitrogens with zero attached hydrogens (tertiary/aromatic N) is 1. The van der Waals surface area contributed by atoms with Gasteiger partial charge >= 0.3 is 0 Å². The fourth-order valence-corrected chi connectivity index (χ4v) is 4.28. The second kappa shape index (κ2) is 6.53. The minimum absolute atomic E-state index is 0.169. The lowest BCUT2D eigenvalue weighted by molar-refractivity contribution is -0.113. The number of benzene rings is 2. The van der Waals surface area contributed by atoms with Gasteiger partial charge in [0.15, 0.2) is 15.8 Å². The van der Waals surface area contributed by atoms with Gasteiger partial charge in [0.05, 0.1) is 10.6 Å². The van der Waals surface area contributed by atoms with E-state index in [1.807, 2.05) is 0 Å². The molecule has 126 valence electrons. The number of thiocarbonyl (C=S) groups is 1. The summed E-state index contributed by atoms with van der Waals surface area (Å²) in [5.74, 6) is 1.00. The molecule has 0 radical (unpaired) electrons. The number of fused-ring (bicyclic) bond motifs is 1. The van der Waals surface area contributed by atoms with Gasteiger partial charge in [-0.1, -0.05) is 53.2 Å². The molecule has 0 atom stereocenters. The van der Waals surface area contributed by atoms with Crippen LogP contribution in [0.15, 0.2) is 41.3 Å². The maximum absolute atomic E-state index is 12.8. The zero-order valence-corrected chi connectivity index (χ0v) is 15.6. The van der Waals surface area contributed by atoms with Crippen LogP contribution in [0.25, 0.3) is 6.08 Å². The topological polar surface area (TPSA) is 38.8 Å². The molecule has 2 aliphatic rings. The summed E-state index contributed by atoms with van der Waals surface area (Å²) in [6, 6.07) is 10.4. The Morgan fingerprint density at radius 1 is 1.12 bits per heavy atom. The Hall–Kier alpha value is -1.73. The fourth-order valence-electron chi connectivity index (χ4n) is 2.49. The molecular formula is C17H9Cl2NO3S2. The Labute approximate surface area is 163 Å². The molecule has 0 saturated carbocycles. The van der Waals surface area contributed by atoms with E-state index in [0.717, 1.165) is 0 Å². The zero-order valence-electron chi connectivity index (χ0n) is 12.5. The molecule has 2 aromatic carbocycles. The van der Waals surface area contributed by atoms with E-state index in [9.17, 15) is 4.79 Å². The van der Waals surface area contributed by atoms with E-state index < -0.39 is 0 Å². The lowest BCUT2D eigenvalue weighted by Gasteiger charge is -2.14. The summed E-state index contributed by atoms with van der Waals surface area (Å²) in [4.78, 5) is 14.7. The Balaban J connectivity index is 1.70. The zero-order chi connectivity index (χ0) is 17.6. The Bertz CT molecular complexity index is 925. The highest BCUT2D eigenvalue weighted by atomic mass is 35.5. The summed E-state index contributed by atoms with van der Waals surface area (Å²) in [5.41, 5.74) is 1.22. The molecule has 1 amide bonds. The summed E-state index contributed by atoms with van der Waals surface area (Å²) < 4.78 is 11.1. The van der Waals surface area contributed by atoms with Crippen molar-refractivity contribution in [1.29, 1.82) is 0 Å². The molecule has 25 heavy (non-hydrogen) atoms. The van der Waals surface area contributed by atoms with Crippen molar-refractivity contribution in [3.63, 3.8) is 0 Å². The first-order valence-corrected chi connectivity index (χ1v) is 9.14. The van der Waals surface area contributed by atoms with Crippen molar-refractivity contribution in [2.24, 2.45) is 0 Å². The van der Waals surface area contributed by atoms with Crippen molar-refractivity contribution in [3.05, 3.63) is 56.9 Å². The lowest BCUT2D eigenvalue weighted by atomic mass is 10.2. The summed E-state index contributed by atoms with van der Waals surface area (Å²) in [6.45, 7) is 0.169. The number of thioether (sulfide) groups is 1. The van der Waals surface area contributed by atoms with Crippen molar-refractivity contribution in [2.45, 2.75) is 0 Å². The fraction of sp³-hybridized carbons (Fsp3) is 0.0588. The van der Waals surface area contributed by atoms with Gasteiger partial charge < -0.3 is 9.47 Å². The van der Waals surface area contributed by atoms with E-state index >= 15 is 0 Å². The van der Waals surface area contributed by atoms with Crippen LogP contribution in [0.3, 0.4) is 0 Å². The monoisotopic (exact) mass is 409 g/mol. The molecule has 2 aromatic rings. The van der Waals surface area contributed by atoms with Crippen molar-refractivity contribution in [2.75, 3.05) is 11.7 Å². The third kappa shape index (κ3) is 3.00. The molecule has 0 unspecified atom stereocenters. The normalized spacial score (nSPS) is 17.7. The Kier molecular flexibility index (Phi) is 4.37. The van der Waals surface area contributed by atoms with Gasteiger partial charge in [0.1, 0.15) is 0 Å². The Morgan fingerprint density at radius 2 is 1.84 bits per heavy atom. The number of anilines is 1. The highest BCUT2D eigenvalue weighted by Crippen LogP contribution is 2.41. The highest BCUT2D eigenvalue weighted by molar-refractivity contribution is 8.27. The van der Waals surface area contributed by atoms with Gasteiger partial charge in [-0.25, -0.2) is 0 Å². The molecule has 2 aliphatic heterocycles. The third-order valence-corrected chi connectivity index (χ3v) is 5.64. The van der Waals surface area contributed by atoms with E-state index in [0.29, 0.717) is 42.0 Å². The van der Waals surface area contributed by atoms with E-state index in [1.165, 1.54) is 16.7 Å². The number of carbonyl (C=O) groups excluding carboxylic acids is 1. The van der Waals surface area contributed by atoms with E-state index in [4.69, 9.17) is 44.9 Å². The van der Waals surface area contributed by atoms with Crippen LogP contribution in [0.5, 0.6) is 11.5 Å². The number of hydrogen-bond acceptors (Lipinski definition) is 5. The maximum atomic E-state index is 12.8. The van der Waals surface area contributed by atoms with Crippen molar-refractivity contribution < 1.29 is 14.3 Å². The molecule has 0 aliphatic carbocycles. The number of amides is 1. The largest absolute Gasteiger partial charge is 0.454 e. The van der Waals surface area contributed by atoms with E-state index in [2.05, 4.69) is 0 Å². The Morgan fingerprint density at radius 3 is 2.60 bits per heavy atom. The lowest BCUT2D eigenvalue weighted by Crippen LogP contribution is -2.27. The average Bonchev–Trinajstić information content (AvgIpc) is 3.15. The van der Waals surface area contributed by atoms with Gasteiger partial charge in [0.25, 0.3) is 5.91 Å². The van der Waals surface area contributed by atoms with Crippen molar-refractivity contribution in [3.8, 4) is 11.5 Å². The number of carbonyl (C=O) groups is 1. The minimum Gasteiger partial charge on any atom is -0.454 e. The highest BCUT2D eigenvalue weighted by Gasteiger charge is 2.34. The second-order valence-electron chi connectivity index (χ2n) is 5.19. The predicted octanol–water partition coefficient (Wildman–Crippen LogP) is 5.13. The van der Waals surface area contributed by atoms with Crippen LogP contribution < -0.4 is 14.4 Å². The molecule has 4 nitrogen and oxygen atoms in total. The van der Waals surface area contributed by atoms with Crippen LogP contribution >= 0.6 is 47.2 Å². The molecule has 4 rings (SSSR count). The molecule has 0 bridgehead atoms. The van der Waals surface area contributed by atoms with Gasteiger partial charge in [-0.3, -0.25) is 9.69 Å². The second-order valence-corrected chi connectivity index (χ2v) is 7.68. The minimum atomic E-state index is -0.232. The van der Waals surface area contributed by atoms with Crippen molar-refractivity contribution >= 4 is 69.2 Å². The first kappa shape index (κ1) is 16.7. The molecule has 2 heterocycles. The van der Waals surface area contributed by atoms with Gasteiger partial charge in [0.2, 0.25) is 6.79 Å². The SMILES string of the molecule is O=C1/C(=C/c2c(Cl)cccc2Cl)SC(=S)N1c1ccc2c(c1)OCO2. The van der Waals surface area contributed by atoms with Crippen molar-refractivity contribution in [1.82, 2.24) is 0 Å². The molecular weight excluding hydrogens is 401 g/mol. The molecule has 0 aromatic heterocycles. The predicted molar refractivity (Wildman–Crippen MR) is 105 cm³/mol. The summed E-state index contributed by atoms with van der Waals surface area (Å²) in [7, 11) is 0. The number of hydrogen-bond donors (Lipinski definition) is 0. The van der Waals surface area contributed by atoms with Crippen LogP contribution in [0.1, 0.15) is 5.56 Å². The smallest absolute Gasteiger partial charge is 0.270 e. The molecule has 0 spiro atoms. The van der Waals surface area contributed by atoms with Gasteiger partial charge in [-0.2, -0.15) is 0 Å². The average molecular weight is 410 g/mol. The van der Waals surface area contributed by atoms with Gasteiger partial charge in [-0.15, -0.1) is 0 Å². The molecule has 8 heteroatoms. The van der Waals surface area contributed by atoms with Crippen LogP contribution in [-0.2, 0) is 4.79 Å². The summed E-state index contributed by atoms with van der Waals surface area (Å²) in [5, 5.41) is 0.946. The number of halogens is 2.